The smallest absolute Gasteiger partial charge is 0.193 e. The zero-order valence-corrected chi connectivity index (χ0v) is 9.45. The summed E-state index contributed by atoms with van der Waals surface area (Å²) in [6.45, 7) is 3.98. The molecule has 0 spiro atoms. The molecule has 0 aliphatic heterocycles. The second-order valence-corrected chi connectivity index (χ2v) is 3.97. The van der Waals surface area contributed by atoms with Crippen LogP contribution in [0.3, 0.4) is 0 Å². The zero-order chi connectivity index (χ0) is 11.5. The van der Waals surface area contributed by atoms with E-state index in [1.54, 1.807) is 6.07 Å². The lowest BCUT2D eigenvalue weighted by atomic mass is 10.0. The van der Waals surface area contributed by atoms with Crippen LogP contribution in [0.15, 0.2) is 42.5 Å². The van der Waals surface area contributed by atoms with Crippen molar-refractivity contribution in [3.05, 3.63) is 70.8 Å². The van der Waals surface area contributed by atoms with E-state index in [4.69, 9.17) is 0 Å². The number of carbonyl (C=O) groups excluding carboxylic acids is 1. The Labute approximate surface area is 95.7 Å². The molecule has 79 valence electrons. The Morgan fingerprint density at radius 3 is 2.31 bits per heavy atom. The highest BCUT2D eigenvalue weighted by molar-refractivity contribution is 6.08. The predicted molar refractivity (Wildman–Crippen MR) is 64.6 cm³/mol. The van der Waals surface area contributed by atoms with Gasteiger partial charge in [0.25, 0.3) is 0 Å². The standard InChI is InChI=1S/C15H13O/c1-11-6-8-13(9-7-11)15(16)14-5-3-4-12(2)10-14/h3-4,6-10H,1-2H3. The molecule has 1 radical (unpaired) electrons. The van der Waals surface area contributed by atoms with Gasteiger partial charge in [-0.15, -0.1) is 0 Å². The summed E-state index contributed by atoms with van der Waals surface area (Å²) >= 11 is 0. The molecule has 0 bridgehead atoms. The van der Waals surface area contributed by atoms with Crippen LogP contribution in [-0.2, 0) is 0 Å². The zero-order valence-electron chi connectivity index (χ0n) is 9.45. The molecule has 0 saturated carbocycles. The fourth-order valence-electron chi connectivity index (χ4n) is 1.57. The first kappa shape index (κ1) is 10.6. The van der Waals surface area contributed by atoms with Gasteiger partial charge in [0.1, 0.15) is 0 Å². The van der Waals surface area contributed by atoms with Crippen molar-refractivity contribution >= 4 is 5.78 Å². The SMILES string of the molecule is Cc1ccc(C(=O)c2[c]ccc(C)c2)cc1. The van der Waals surface area contributed by atoms with Crippen LogP contribution >= 0.6 is 0 Å². The van der Waals surface area contributed by atoms with Crippen molar-refractivity contribution in [3.8, 4) is 0 Å². The molecule has 0 aliphatic rings. The number of benzene rings is 2. The molecule has 0 aliphatic carbocycles. The highest BCUT2D eigenvalue weighted by Crippen LogP contribution is 2.11. The molecule has 1 nitrogen and oxygen atoms in total. The first-order valence-electron chi connectivity index (χ1n) is 5.26. The second kappa shape index (κ2) is 4.31. The normalized spacial score (nSPS) is 10.1. The van der Waals surface area contributed by atoms with E-state index >= 15 is 0 Å². The van der Waals surface area contributed by atoms with Gasteiger partial charge >= 0.3 is 0 Å². The van der Waals surface area contributed by atoms with Crippen molar-refractivity contribution in [2.45, 2.75) is 13.8 Å². The van der Waals surface area contributed by atoms with Crippen LogP contribution < -0.4 is 0 Å². The number of hydrogen-bond acceptors (Lipinski definition) is 1. The third-order valence-electron chi connectivity index (χ3n) is 2.52. The maximum atomic E-state index is 12.1. The van der Waals surface area contributed by atoms with Crippen molar-refractivity contribution in [2.24, 2.45) is 0 Å². The Bertz CT molecular complexity index is 509. The highest BCUT2D eigenvalue weighted by atomic mass is 16.1. The quantitative estimate of drug-likeness (QED) is 0.693. The van der Waals surface area contributed by atoms with E-state index in [0.717, 1.165) is 11.1 Å². The van der Waals surface area contributed by atoms with E-state index < -0.39 is 0 Å². The average Bonchev–Trinajstić information content (AvgIpc) is 2.29. The molecule has 2 rings (SSSR count). The maximum Gasteiger partial charge on any atom is 0.193 e. The Morgan fingerprint density at radius 1 is 1.00 bits per heavy atom. The summed E-state index contributed by atoms with van der Waals surface area (Å²) in [6.07, 6.45) is 0. The molecule has 0 fully saturated rings. The van der Waals surface area contributed by atoms with Gasteiger partial charge in [-0.3, -0.25) is 4.79 Å². The lowest BCUT2D eigenvalue weighted by Gasteiger charge is -2.02. The van der Waals surface area contributed by atoms with E-state index in [1.807, 2.05) is 50.2 Å². The van der Waals surface area contributed by atoms with Gasteiger partial charge in [0.15, 0.2) is 5.78 Å². The van der Waals surface area contributed by atoms with Crippen LogP contribution in [0.5, 0.6) is 0 Å². The lowest BCUT2D eigenvalue weighted by molar-refractivity contribution is 0.103. The molecule has 0 aromatic heterocycles. The van der Waals surface area contributed by atoms with Gasteiger partial charge in [0.05, 0.1) is 0 Å². The molecular formula is C15H13O. The van der Waals surface area contributed by atoms with Gasteiger partial charge < -0.3 is 0 Å². The highest BCUT2D eigenvalue weighted by Gasteiger charge is 2.08. The minimum atomic E-state index is 0.0312. The van der Waals surface area contributed by atoms with Gasteiger partial charge in [-0.25, -0.2) is 0 Å². The van der Waals surface area contributed by atoms with Crippen LogP contribution in [0, 0.1) is 19.9 Å². The topological polar surface area (TPSA) is 17.1 Å². The number of hydrogen-bond donors (Lipinski definition) is 0. The minimum Gasteiger partial charge on any atom is -0.289 e. The van der Waals surface area contributed by atoms with Crippen molar-refractivity contribution in [2.75, 3.05) is 0 Å². The molecule has 0 N–H and O–H groups in total. The molecule has 1 heteroatoms. The Morgan fingerprint density at radius 2 is 1.69 bits per heavy atom. The van der Waals surface area contributed by atoms with Crippen molar-refractivity contribution in [1.82, 2.24) is 0 Å². The largest absolute Gasteiger partial charge is 0.289 e. The van der Waals surface area contributed by atoms with Gasteiger partial charge in [-0.1, -0.05) is 47.5 Å². The van der Waals surface area contributed by atoms with Crippen LogP contribution in [0.2, 0.25) is 0 Å². The summed E-state index contributed by atoms with van der Waals surface area (Å²) in [7, 11) is 0. The maximum absolute atomic E-state index is 12.1. The summed E-state index contributed by atoms with van der Waals surface area (Å²) in [5.74, 6) is 0.0312. The molecule has 2 aromatic rings. The lowest BCUT2D eigenvalue weighted by Crippen LogP contribution is -2.01. The first-order chi connectivity index (χ1) is 7.66. The molecular weight excluding hydrogens is 196 g/mol. The van der Waals surface area contributed by atoms with E-state index in [1.165, 1.54) is 0 Å². The molecule has 2 aromatic carbocycles. The van der Waals surface area contributed by atoms with E-state index in [0.29, 0.717) is 11.1 Å². The molecule has 16 heavy (non-hydrogen) atoms. The summed E-state index contributed by atoms with van der Waals surface area (Å²) in [5, 5.41) is 0. The first-order valence-corrected chi connectivity index (χ1v) is 5.26. The molecule has 0 atom stereocenters. The van der Waals surface area contributed by atoms with Crippen molar-refractivity contribution in [3.63, 3.8) is 0 Å². The predicted octanol–water partition coefficient (Wildman–Crippen LogP) is 3.33. The molecule has 0 amide bonds. The molecule has 0 heterocycles. The van der Waals surface area contributed by atoms with Gasteiger partial charge in [-0.05, 0) is 26.0 Å². The van der Waals surface area contributed by atoms with E-state index in [-0.39, 0.29) is 5.78 Å². The third-order valence-corrected chi connectivity index (χ3v) is 2.52. The fourth-order valence-corrected chi connectivity index (χ4v) is 1.57. The van der Waals surface area contributed by atoms with E-state index in [2.05, 4.69) is 6.07 Å². The Kier molecular flexibility index (Phi) is 2.86. The van der Waals surface area contributed by atoms with Crippen LogP contribution in [0.4, 0.5) is 0 Å². The van der Waals surface area contributed by atoms with E-state index in [9.17, 15) is 4.79 Å². The van der Waals surface area contributed by atoms with Gasteiger partial charge in [0.2, 0.25) is 0 Å². The molecule has 0 unspecified atom stereocenters. The fraction of sp³-hybridized carbons (Fsp3) is 0.133. The van der Waals surface area contributed by atoms with Crippen molar-refractivity contribution < 1.29 is 4.79 Å². The number of aryl methyl sites for hydroxylation is 2. The summed E-state index contributed by atoms with van der Waals surface area (Å²) in [6, 6.07) is 16.2. The molecule has 0 saturated heterocycles. The average molecular weight is 209 g/mol. The van der Waals surface area contributed by atoms with Crippen LogP contribution in [0.25, 0.3) is 0 Å². The Balaban J connectivity index is 2.35. The monoisotopic (exact) mass is 209 g/mol. The van der Waals surface area contributed by atoms with Crippen molar-refractivity contribution in [1.29, 1.82) is 0 Å². The minimum absolute atomic E-state index is 0.0312. The van der Waals surface area contributed by atoms with Gasteiger partial charge in [-0.2, -0.15) is 0 Å². The summed E-state index contributed by atoms with van der Waals surface area (Å²) in [5.41, 5.74) is 3.58. The van der Waals surface area contributed by atoms with Crippen LogP contribution in [0.1, 0.15) is 27.0 Å². The Hall–Kier alpha value is -1.89. The number of carbonyl (C=O) groups is 1. The van der Waals surface area contributed by atoms with Crippen LogP contribution in [-0.4, -0.2) is 5.78 Å². The third kappa shape index (κ3) is 2.19. The second-order valence-electron chi connectivity index (χ2n) is 3.97. The number of ketones is 1. The summed E-state index contributed by atoms with van der Waals surface area (Å²) in [4.78, 5) is 12.1. The number of rotatable bonds is 2. The summed E-state index contributed by atoms with van der Waals surface area (Å²) < 4.78 is 0. The van der Waals surface area contributed by atoms with Gasteiger partial charge in [0, 0.05) is 11.1 Å².